The molecule has 0 aromatic heterocycles. The summed E-state index contributed by atoms with van der Waals surface area (Å²) in [4.78, 5) is 25.3. The van der Waals surface area contributed by atoms with E-state index in [9.17, 15) is 14.7 Å². The largest absolute Gasteiger partial charge is 0.391 e. The van der Waals surface area contributed by atoms with E-state index in [-0.39, 0.29) is 29.8 Å². The van der Waals surface area contributed by atoms with Crippen LogP contribution in [0, 0.1) is 5.92 Å². The summed E-state index contributed by atoms with van der Waals surface area (Å²) >= 11 is 0. The van der Waals surface area contributed by atoms with Crippen molar-refractivity contribution in [3.63, 3.8) is 0 Å². The summed E-state index contributed by atoms with van der Waals surface area (Å²) in [5.74, 6) is 0.192. The third kappa shape index (κ3) is 3.46. The van der Waals surface area contributed by atoms with Crippen molar-refractivity contribution in [1.82, 2.24) is 10.2 Å². The van der Waals surface area contributed by atoms with Crippen LogP contribution in [-0.2, 0) is 9.59 Å². The van der Waals surface area contributed by atoms with Crippen molar-refractivity contribution in [2.75, 3.05) is 13.1 Å². The van der Waals surface area contributed by atoms with Crippen LogP contribution in [0.5, 0.6) is 0 Å². The number of hydrogen-bond donors (Lipinski definition) is 2. The fourth-order valence-corrected chi connectivity index (χ4v) is 3.89. The molecule has 0 bridgehead atoms. The van der Waals surface area contributed by atoms with Gasteiger partial charge in [0.2, 0.25) is 5.91 Å². The second kappa shape index (κ2) is 6.44. The van der Waals surface area contributed by atoms with Crippen LogP contribution in [0.1, 0.15) is 51.4 Å². The fourth-order valence-electron chi connectivity index (χ4n) is 3.89. The van der Waals surface area contributed by atoms with E-state index in [1.165, 1.54) is 6.42 Å². The van der Waals surface area contributed by atoms with E-state index in [1.807, 2.05) is 0 Å². The highest BCUT2D eigenvalue weighted by Crippen LogP contribution is 2.27. The number of hydrogen-bond acceptors (Lipinski definition) is 4. The molecule has 1 amide bonds. The standard InChI is InChI=1S/C16H26N2O3/c19-13-9-11(10-13)16(21)17-12-5-7-18(8-6-12)14-3-1-2-4-15(14)20/h11-12,14-15,20H,1-10H2,(H,17,21). The fraction of sp³-hybridized carbons (Fsp3) is 0.875. The summed E-state index contributed by atoms with van der Waals surface area (Å²) < 4.78 is 0. The maximum atomic E-state index is 12.0. The Morgan fingerprint density at radius 3 is 2.38 bits per heavy atom. The van der Waals surface area contributed by atoms with E-state index in [0.717, 1.165) is 45.2 Å². The zero-order valence-electron chi connectivity index (χ0n) is 12.6. The average molecular weight is 294 g/mol. The number of piperidine rings is 1. The topological polar surface area (TPSA) is 69.6 Å². The number of Topliss-reactive ketones (excluding diaryl/α,β-unsaturated/α-hetero) is 1. The smallest absolute Gasteiger partial charge is 0.224 e. The molecule has 2 aliphatic carbocycles. The lowest BCUT2D eigenvalue weighted by atomic mass is 9.83. The van der Waals surface area contributed by atoms with Gasteiger partial charge in [0.15, 0.2) is 0 Å². The van der Waals surface area contributed by atoms with Gasteiger partial charge in [-0.2, -0.15) is 0 Å². The maximum Gasteiger partial charge on any atom is 0.224 e. The molecule has 3 rings (SSSR count). The lowest BCUT2D eigenvalue weighted by Crippen LogP contribution is -2.53. The normalized spacial score (nSPS) is 32.7. The summed E-state index contributed by atoms with van der Waals surface area (Å²) in [5.41, 5.74) is 0. The SMILES string of the molecule is O=C1CC(C(=O)NC2CCN(C3CCCCC3O)CC2)C1. The van der Waals surface area contributed by atoms with Crippen LogP contribution in [0.15, 0.2) is 0 Å². The number of carbonyl (C=O) groups is 2. The number of nitrogens with zero attached hydrogens (tertiary/aromatic N) is 1. The molecule has 0 radical (unpaired) electrons. The third-order valence-corrected chi connectivity index (χ3v) is 5.36. The summed E-state index contributed by atoms with van der Waals surface area (Å²) in [7, 11) is 0. The number of ketones is 1. The van der Waals surface area contributed by atoms with Crippen LogP contribution < -0.4 is 5.32 Å². The first-order valence-electron chi connectivity index (χ1n) is 8.37. The van der Waals surface area contributed by atoms with Gasteiger partial charge in [0.1, 0.15) is 5.78 Å². The predicted octanol–water partition coefficient (Wildman–Crippen LogP) is 0.850. The Labute approximate surface area is 126 Å². The van der Waals surface area contributed by atoms with Gasteiger partial charge in [0, 0.05) is 38.0 Å². The Morgan fingerprint density at radius 2 is 1.76 bits per heavy atom. The molecule has 0 aromatic carbocycles. The number of likely N-dealkylation sites (tertiary alicyclic amines) is 1. The molecular weight excluding hydrogens is 268 g/mol. The molecule has 1 saturated heterocycles. The number of aliphatic hydroxyl groups excluding tert-OH is 1. The lowest BCUT2D eigenvalue weighted by Gasteiger charge is -2.42. The van der Waals surface area contributed by atoms with Gasteiger partial charge in [0.25, 0.3) is 0 Å². The molecule has 2 atom stereocenters. The Bertz CT molecular complexity index is 396. The number of amides is 1. The number of rotatable bonds is 3. The minimum absolute atomic E-state index is 0.0609. The molecule has 3 aliphatic rings. The van der Waals surface area contributed by atoms with E-state index in [2.05, 4.69) is 10.2 Å². The van der Waals surface area contributed by atoms with Crippen LogP contribution in [0.4, 0.5) is 0 Å². The van der Waals surface area contributed by atoms with Gasteiger partial charge in [0.05, 0.1) is 12.0 Å². The van der Waals surface area contributed by atoms with Crippen molar-refractivity contribution < 1.29 is 14.7 Å². The van der Waals surface area contributed by atoms with Crippen molar-refractivity contribution in [3.8, 4) is 0 Å². The van der Waals surface area contributed by atoms with E-state index in [1.54, 1.807) is 0 Å². The van der Waals surface area contributed by atoms with Crippen molar-refractivity contribution in [2.24, 2.45) is 5.92 Å². The Hall–Kier alpha value is -0.940. The zero-order chi connectivity index (χ0) is 14.8. The second-order valence-electron chi connectivity index (χ2n) is 6.88. The molecule has 2 N–H and O–H groups in total. The van der Waals surface area contributed by atoms with E-state index < -0.39 is 0 Å². The van der Waals surface area contributed by atoms with Gasteiger partial charge in [-0.1, -0.05) is 12.8 Å². The summed E-state index contributed by atoms with van der Waals surface area (Å²) in [6, 6.07) is 0.560. The Balaban J connectivity index is 1.42. The highest BCUT2D eigenvalue weighted by atomic mass is 16.3. The molecule has 2 saturated carbocycles. The summed E-state index contributed by atoms with van der Waals surface area (Å²) in [6.07, 6.45) is 6.98. The highest BCUT2D eigenvalue weighted by molar-refractivity contribution is 5.96. The molecule has 0 aromatic rings. The molecular formula is C16H26N2O3. The minimum Gasteiger partial charge on any atom is -0.391 e. The zero-order valence-corrected chi connectivity index (χ0v) is 12.6. The first-order chi connectivity index (χ1) is 10.1. The molecule has 5 nitrogen and oxygen atoms in total. The molecule has 118 valence electrons. The summed E-state index contributed by atoms with van der Waals surface area (Å²) in [5, 5.41) is 13.2. The quantitative estimate of drug-likeness (QED) is 0.809. The third-order valence-electron chi connectivity index (χ3n) is 5.36. The van der Waals surface area contributed by atoms with Crippen molar-refractivity contribution in [1.29, 1.82) is 0 Å². The van der Waals surface area contributed by atoms with E-state index in [4.69, 9.17) is 0 Å². The minimum atomic E-state index is -0.175. The van der Waals surface area contributed by atoms with Gasteiger partial charge in [-0.05, 0) is 25.7 Å². The Morgan fingerprint density at radius 1 is 1.10 bits per heavy atom. The maximum absolute atomic E-state index is 12.0. The van der Waals surface area contributed by atoms with Crippen molar-refractivity contribution in [3.05, 3.63) is 0 Å². The average Bonchev–Trinajstić information content (AvgIpc) is 2.45. The Kier molecular flexibility index (Phi) is 4.60. The number of nitrogens with one attached hydrogen (secondary N) is 1. The van der Waals surface area contributed by atoms with E-state index >= 15 is 0 Å². The molecule has 21 heavy (non-hydrogen) atoms. The van der Waals surface area contributed by atoms with Gasteiger partial charge in [-0.25, -0.2) is 0 Å². The van der Waals surface area contributed by atoms with Crippen LogP contribution in [0.3, 0.4) is 0 Å². The monoisotopic (exact) mass is 294 g/mol. The van der Waals surface area contributed by atoms with Crippen molar-refractivity contribution >= 4 is 11.7 Å². The van der Waals surface area contributed by atoms with Gasteiger partial charge in [-0.3, -0.25) is 14.5 Å². The van der Waals surface area contributed by atoms with Crippen LogP contribution >= 0.6 is 0 Å². The van der Waals surface area contributed by atoms with Crippen LogP contribution in [0.2, 0.25) is 0 Å². The van der Waals surface area contributed by atoms with Crippen molar-refractivity contribution in [2.45, 2.75) is 69.6 Å². The van der Waals surface area contributed by atoms with Gasteiger partial charge in [-0.15, -0.1) is 0 Å². The second-order valence-corrected chi connectivity index (χ2v) is 6.88. The van der Waals surface area contributed by atoms with Gasteiger partial charge < -0.3 is 10.4 Å². The lowest BCUT2D eigenvalue weighted by molar-refractivity contribution is -0.138. The first kappa shape index (κ1) is 15.0. The highest BCUT2D eigenvalue weighted by Gasteiger charge is 2.35. The van der Waals surface area contributed by atoms with Crippen LogP contribution in [-0.4, -0.2) is 53.0 Å². The molecule has 1 heterocycles. The van der Waals surface area contributed by atoms with Crippen LogP contribution in [0.25, 0.3) is 0 Å². The first-order valence-corrected chi connectivity index (χ1v) is 8.37. The molecule has 5 heteroatoms. The molecule has 1 aliphatic heterocycles. The van der Waals surface area contributed by atoms with Gasteiger partial charge >= 0.3 is 0 Å². The molecule has 3 fully saturated rings. The summed E-state index contributed by atoms with van der Waals surface area (Å²) in [6.45, 7) is 1.91. The van der Waals surface area contributed by atoms with E-state index in [0.29, 0.717) is 18.9 Å². The molecule has 0 spiro atoms. The molecule has 2 unspecified atom stereocenters. The predicted molar refractivity (Wildman–Crippen MR) is 78.7 cm³/mol. The number of carbonyl (C=O) groups excluding carboxylic acids is 2. The number of aliphatic hydroxyl groups is 1.